The van der Waals surface area contributed by atoms with Crippen LogP contribution < -0.4 is 0 Å². The Balaban J connectivity index is 4.77. The van der Waals surface area contributed by atoms with E-state index in [4.69, 9.17) is 5.41 Å². The molecule has 0 heterocycles. The lowest BCUT2D eigenvalue weighted by Crippen LogP contribution is -2.23. The molecule has 0 saturated carbocycles. The van der Waals surface area contributed by atoms with Gasteiger partial charge in [0.2, 0.25) is 0 Å². The molecular weight excluding hydrogens is 177 g/mol. The number of allylic oxidation sites excluding steroid dienone is 1. The van der Waals surface area contributed by atoms with Gasteiger partial charge in [-0.3, -0.25) is 0 Å². The Bertz CT molecular complexity index is 179. The molecule has 0 bridgehead atoms. The van der Waals surface area contributed by atoms with Crippen LogP contribution in [0.4, 0.5) is 0 Å². The van der Waals surface area contributed by atoms with Gasteiger partial charge in [-0.25, -0.2) is 0 Å². The van der Waals surface area contributed by atoms with Crippen molar-refractivity contribution in [3.63, 3.8) is 0 Å². The van der Waals surface area contributed by atoms with Crippen molar-refractivity contribution in [2.24, 2.45) is 0 Å². The fourth-order valence-electron chi connectivity index (χ4n) is 1.58. The lowest BCUT2D eigenvalue weighted by atomic mass is 10.2. The summed E-state index contributed by atoms with van der Waals surface area (Å²) in [5.41, 5.74) is 0. The van der Waals surface area contributed by atoms with E-state index in [1.54, 1.807) is 0 Å². The van der Waals surface area contributed by atoms with E-state index in [9.17, 15) is 0 Å². The first-order valence-electron chi connectivity index (χ1n) is 4.66. The summed E-state index contributed by atoms with van der Waals surface area (Å²) in [6.07, 6.45) is 3.23. The van der Waals surface area contributed by atoms with Gasteiger partial charge in [0.05, 0.1) is 0 Å². The van der Waals surface area contributed by atoms with E-state index in [1.165, 1.54) is 6.21 Å². The monoisotopic (exact) mass is 199 g/mol. The second-order valence-electron chi connectivity index (χ2n) is 5.22. The average Bonchev–Trinajstić information content (AvgIpc) is 1.81. The van der Waals surface area contributed by atoms with Crippen molar-refractivity contribution in [1.82, 2.24) is 0 Å². The fraction of sp³-hybridized carbons (Fsp3) is 0.727. The predicted molar refractivity (Wildman–Crippen MR) is 64.3 cm³/mol. The van der Waals surface area contributed by atoms with Crippen molar-refractivity contribution in [2.45, 2.75) is 51.9 Å². The van der Waals surface area contributed by atoms with Crippen molar-refractivity contribution in [1.29, 1.82) is 5.41 Å². The summed E-state index contributed by atoms with van der Waals surface area (Å²) in [6, 6.07) is 0. The zero-order valence-corrected chi connectivity index (χ0v) is 10.6. The van der Waals surface area contributed by atoms with Crippen LogP contribution in [0, 0.1) is 5.41 Å². The molecule has 0 aliphatic heterocycles. The minimum atomic E-state index is -0.180. The van der Waals surface area contributed by atoms with Crippen LogP contribution in [0.25, 0.3) is 0 Å². The first kappa shape index (κ1) is 12.8. The molecule has 0 aromatic carbocycles. The molecule has 1 N–H and O–H groups in total. The van der Waals surface area contributed by atoms with Gasteiger partial charge in [0.15, 0.2) is 0 Å². The van der Waals surface area contributed by atoms with Crippen molar-refractivity contribution >= 4 is 14.1 Å². The zero-order chi connectivity index (χ0) is 10.7. The predicted octanol–water partition coefficient (Wildman–Crippen LogP) is 4.23. The molecule has 0 fully saturated rings. The van der Waals surface area contributed by atoms with Crippen molar-refractivity contribution < 1.29 is 0 Å². The largest absolute Gasteiger partial charge is 0.309 e. The standard InChI is InChI=1S/C11H22NP/c1-10(2,3)13(9-7-8-12)11(4,5)6/h7-9,12H,1-6H3/b9-7+,12-8?. The topological polar surface area (TPSA) is 23.9 Å². The molecule has 0 aliphatic rings. The Labute approximate surface area is 83.9 Å². The molecule has 0 atom stereocenters. The summed E-state index contributed by atoms with van der Waals surface area (Å²) in [4.78, 5) is 0. The SMILES string of the molecule is CC(C)(C)P(/C=C/C=N)C(C)(C)C. The Morgan fingerprint density at radius 3 is 1.54 bits per heavy atom. The maximum Gasteiger partial charge on any atom is 0.0178 e. The summed E-state index contributed by atoms with van der Waals surface area (Å²) in [5.74, 6) is 2.21. The zero-order valence-electron chi connectivity index (χ0n) is 9.68. The molecule has 13 heavy (non-hydrogen) atoms. The smallest absolute Gasteiger partial charge is 0.0178 e. The summed E-state index contributed by atoms with van der Waals surface area (Å²) >= 11 is 0. The van der Waals surface area contributed by atoms with Crippen molar-refractivity contribution in [3.05, 3.63) is 11.9 Å². The minimum Gasteiger partial charge on any atom is -0.309 e. The van der Waals surface area contributed by atoms with Crippen LogP contribution in [0.1, 0.15) is 41.5 Å². The molecule has 0 unspecified atom stereocenters. The summed E-state index contributed by atoms with van der Waals surface area (Å²) in [6.45, 7) is 13.7. The molecule has 2 heteroatoms. The van der Waals surface area contributed by atoms with Gasteiger partial charge in [0.1, 0.15) is 0 Å². The second kappa shape index (κ2) is 4.37. The lowest BCUT2D eigenvalue weighted by molar-refractivity contribution is 0.714. The summed E-state index contributed by atoms with van der Waals surface area (Å²) in [5, 5.41) is 7.66. The van der Waals surface area contributed by atoms with Gasteiger partial charge in [0, 0.05) is 6.21 Å². The highest BCUT2D eigenvalue weighted by atomic mass is 31.1. The first-order valence-corrected chi connectivity index (χ1v) is 6.07. The van der Waals surface area contributed by atoms with E-state index in [2.05, 4.69) is 47.4 Å². The number of rotatable bonds is 2. The van der Waals surface area contributed by atoms with Crippen LogP contribution in [0.15, 0.2) is 11.9 Å². The van der Waals surface area contributed by atoms with Crippen LogP contribution in [-0.2, 0) is 0 Å². The van der Waals surface area contributed by atoms with Gasteiger partial charge in [-0.15, -0.1) is 0 Å². The Hall–Kier alpha value is -0.160. The van der Waals surface area contributed by atoms with E-state index in [1.807, 2.05) is 6.08 Å². The van der Waals surface area contributed by atoms with Gasteiger partial charge in [-0.1, -0.05) is 55.3 Å². The summed E-state index contributed by atoms with van der Waals surface area (Å²) in [7, 11) is -0.180. The van der Waals surface area contributed by atoms with Gasteiger partial charge in [0.25, 0.3) is 0 Å². The fourth-order valence-corrected chi connectivity index (χ4v) is 4.75. The Kier molecular flexibility index (Phi) is 4.32. The molecule has 0 amide bonds. The van der Waals surface area contributed by atoms with Gasteiger partial charge in [-0.05, 0) is 16.4 Å². The third-order valence-electron chi connectivity index (χ3n) is 1.78. The molecule has 0 aromatic rings. The number of nitrogens with one attached hydrogen (secondary N) is 1. The molecule has 0 spiro atoms. The quantitative estimate of drug-likeness (QED) is 0.508. The molecular formula is C11H22NP. The van der Waals surface area contributed by atoms with Crippen LogP contribution in [0.2, 0.25) is 0 Å². The third-order valence-corrected chi connectivity index (χ3v) is 5.14. The maximum atomic E-state index is 7.00. The number of hydrogen-bond donors (Lipinski definition) is 1. The van der Waals surface area contributed by atoms with Gasteiger partial charge < -0.3 is 5.41 Å². The highest BCUT2D eigenvalue weighted by Crippen LogP contribution is 2.60. The number of hydrogen-bond acceptors (Lipinski definition) is 1. The highest BCUT2D eigenvalue weighted by molar-refractivity contribution is 7.64. The molecule has 1 nitrogen and oxygen atoms in total. The Morgan fingerprint density at radius 2 is 1.31 bits per heavy atom. The van der Waals surface area contributed by atoms with E-state index < -0.39 is 0 Å². The first-order chi connectivity index (χ1) is 5.69. The van der Waals surface area contributed by atoms with Crippen molar-refractivity contribution in [3.8, 4) is 0 Å². The minimum absolute atomic E-state index is 0.180. The molecule has 0 rings (SSSR count). The van der Waals surface area contributed by atoms with Gasteiger partial charge in [-0.2, -0.15) is 0 Å². The second-order valence-corrected chi connectivity index (χ2v) is 8.94. The summed E-state index contributed by atoms with van der Waals surface area (Å²) < 4.78 is 0. The van der Waals surface area contributed by atoms with E-state index in [0.29, 0.717) is 10.3 Å². The molecule has 0 radical (unpaired) electrons. The molecule has 0 saturated heterocycles. The molecule has 0 aromatic heterocycles. The molecule has 76 valence electrons. The van der Waals surface area contributed by atoms with Crippen LogP contribution in [-0.4, -0.2) is 16.5 Å². The van der Waals surface area contributed by atoms with E-state index in [0.717, 1.165) is 0 Å². The van der Waals surface area contributed by atoms with Gasteiger partial charge >= 0.3 is 0 Å². The third kappa shape index (κ3) is 4.57. The molecule has 0 aliphatic carbocycles. The van der Waals surface area contributed by atoms with Crippen LogP contribution in [0.3, 0.4) is 0 Å². The van der Waals surface area contributed by atoms with E-state index in [-0.39, 0.29) is 7.92 Å². The van der Waals surface area contributed by atoms with Crippen LogP contribution >= 0.6 is 7.92 Å². The normalized spacial score (nSPS) is 14.1. The van der Waals surface area contributed by atoms with Crippen molar-refractivity contribution in [2.75, 3.05) is 0 Å². The lowest BCUT2D eigenvalue weighted by Gasteiger charge is -2.39. The highest BCUT2D eigenvalue weighted by Gasteiger charge is 2.31. The maximum absolute atomic E-state index is 7.00. The van der Waals surface area contributed by atoms with E-state index >= 15 is 0 Å². The average molecular weight is 199 g/mol. The Morgan fingerprint density at radius 1 is 0.923 bits per heavy atom. The van der Waals surface area contributed by atoms with Crippen LogP contribution in [0.5, 0.6) is 0 Å².